The second kappa shape index (κ2) is 8.27. The van der Waals surface area contributed by atoms with Crippen molar-refractivity contribution < 1.29 is 19.1 Å². The first-order valence-corrected chi connectivity index (χ1v) is 9.82. The van der Waals surface area contributed by atoms with Gasteiger partial charge in [-0.25, -0.2) is 4.79 Å². The molecular weight excluding hydrogens is 346 g/mol. The Bertz CT molecular complexity index is 662. The minimum Gasteiger partial charge on any atom is -0.448 e. The maximum Gasteiger partial charge on any atom is 0.410 e. The van der Waals surface area contributed by atoms with Gasteiger partial charge in [0, 0.05) is 13.1 Å². The maximum atomic E-state index is 13.1. The maximum absolute atomic E-state index is 13.1. The van der Waals surface area contributed by atoms with Gasteiger partial charge in [0.2, 0.25) is 5.91 Å². The van der Waals surface area contributed by atoms with Crippen molar-refractivity contribution in [3.63, 3.8) is 0 Å². The molecule has 3 aliphatic heterocycles. The highest BCUT2D eigenvalue weighted by Crippen LogP contribution is 2.31. The SMILES string of the molecule is O=C1OCCN1CC(=O)N1CCO[C@@H](CN2CCCC2)[C@@H]1c1ccccc1. The number of hydrogen-bond acceptors (Lipinski definition) is 5. The van der Waals surface area contributed by atoms with Gasteiger partial charge in [-0.15, -0.1) is 0 Å². The van der Waals surface area contributed by atoms with Crippen molar-refractivity contribution >= 4 is 12.0 Å². The topological polar surface area (TPSA) is 62.3 Å². The van der Waals surface area contributed by atoms with Crippen molar-refractivity contribution in [3.8, 4) is 0 Å². The smallest absolute Gasteiger partial charge is 0.410 e. The zero-order valence-corrected chi connectivity index (χ0v) is 15.6. The fourth-order valence-electron chi connectivity index (χ4n) is 4.25. The Balaban J connectivity index is 1.54. The van der Waals surface area contributed by atoms with Crippen molar-refractivity contribution in [3.05, 3.63) is 35.9 Å². The van der Waals surface area contributed by atoms with E-state index in [1.165, 1.54) is 17.7 Å². The third-order valence-electron chi connectivity index (χ3n) is 5.62. The van der Waals surface area contributed by atoms with Crippen LogP contribution in [0.4, 0.5) is 4.79 Å². The molecule has 146 valence electrons. The molecule has 4 rings (SSSR count). The van der Waals surface area contributed by atoms with Crippen molar-refractivity contribution in [2.75, 3.05) is 52.5 Å². The summed E-state index contributed by atoms with van der Waals surface area (Å²) in [7, 11) is 0. The third kappa shape index (κ3) is 4.09. The molecule has 0 spiro atoms. The second-order valence-corrected chi connectivity index (χ2v) is 7.40. The van der Waals surface area contributed by atoms with Gasteiger partial charge >= 0.3 is 6.09 Å². The van der Waals surface area contributed by atoms with Gasteiger partial charge in [-0.1, -0.05) is 30.3 Å². The second-order valence-electron chi connectivity index (χ2n) is 7.40. The minimum absolute atomic E-state index is 0.0441. The molecule has 0 aliphatic carbocycles. The lowest BCUT2D eigenvalue weighted by atomic mass is 9.97. The number of morpholine rings is 1. The molecule has 3 fully saturated rings. The van der Waals surface area contributed by atoms with Crippen LogP contribution in [0.1, 0.15) is 24.4 Å². The summed E-state index contributed by atoms with van der Waals surface area (Å²) in [5.74, 6) is -0.0441. The fourth-order valence-corrected chi connectivity index (χ4v) is 4.25. The molecule has 0 saturated carbocycles. The highest BCUT2D eigenvalue weighted by atomic mass is 16.6. The summed E-state index contributed by atoms with van der Waals surface area (Å²) in [6.07, 6.45) is 1.99. The van der Waals surface area contributed by atoms with Gasteiger partial charge in [0.15, 0.2) is 0 Å². The highest BCUT2D eigenvalue weighted by molar-refractivity contribution is 5.83. The van der Waals surface area contributed by atoms with Crippen LogP contribution in [0.5, 0.6) is 0 Å². The molecule has 0 bridgehead atoms. The molecule has 3 heterocycles. The van der Waals surface area contributed by atoms with E-state index in [4.69, 9.17) is 9.47 Å². The van der Waals surface area contributed by atoms with Crippen LogP contribution in [-0.2, 0) is 14.3 Å². The van der Waals surface area contributed by atoms with Gasteiger partial charge in [-0.3, -0.25) is 9.69 Å². The predicted octanol–water partition coefficient (Wildman–Crippen LogP) is 1.50. The van der Waals surface area contributed by atoms with Crippen LogP contribution in [0, 0.1) is 0 Å². The number of cyclic esters (lactones) is 1. The van der Waals surface area contributed by atoms with Crippen molar-refractivity contribution in [2.24, 2.45) is 0 Å². The van der Waals surface area contributed by atoms with E-state index < -0.39 is 6.09 Å². The van der Waals surface area contributed by atoms with Gasteiger partial charge in [-0.2, -0.15) is 0 Å². The van der Waals surface area contributed by atoms with E-state index in [0.29, 0.717) is 26.3 Å². The van der Waals surface area contributed by atoms with Crippen LogP contribution in [0.3, 0.4) is 0 Å². The van der Waals surface area contributed by atoms with Gasteiger partial charge in [0.1, 0.15) is 13.2 Å². The Kier molecular flexibility index (Phi) is 5.59. The van der Waals surface area contributed by atoms with Gasteiger partial charge < -0.3 is 19.3 Å². The summed E-state index contributed by atoms with van der Waals surface area (Å²) in [6.45, 7) is 4.98. The molecule has 1 aromatic carbocycles. The molecule has 3 saturated heterocycles. The van der Waals surface area contributed by atoms with Crippen molar-refractivity contribution in [2.45, 2.75) is 25.0 Å². The van der Waals surface area contributed by atoms with Crippen LogP contribution >= 0.6 is 0 Å². The van der Waals surface area contributed by atoms with Crippen LogP contribution in [0.2, 0.25) is 0 Å². The summed E-state index contributed by atoms with van der Waals surface area (Å²) >= 11 is 0. The Morgan fingerprint density at radius 3 is 2.52 bits per heavy atom. The summed E-state index contributed by atoms with van der Waals surface area (Å²) in [4.78, 5) is 30.6. The number of hydrogen-bond donors (Lipinski definition) is 0. The lowest BCUT2D eigenvalue weighted by molar-refractivity contribution is -0.148. The summed E-state index contributed by atoms with van der Waals surface area (Å²) in [5.41, 5.74) is 1.08. The first-order valence-electron chi connectivity index (χ1n) is 9.82. The molecule has 3 aliphatic rings. The zero-order valence-electron chi connectivity index (χ0n) is 15.6. The van der Waals surface area contributed by atoms with Gasteiger partial charge in [0.05, 0.1) is 25.3 Å². The molecule has 0 unspecified atom stereocenters. The van der Waals surface area contributed by atoms with E-state index >= 15 is 0 Å². The first-order chi connectivity index (χ1) is 13.2. The molecule has 1 aromatic rings. The lowest BCUT2D eigenvalue weighted by Gasteiger charge is -2.43. The number of amides is 2. The highest BCUT2D eigenvalue weighted by Gasteiger charge is 2.38. The van der Waals surface area contributed by atoms with E-state index in [9.17, 15) is 9.59 Å². The number of benzene rings is 1. The number of rotatable bonds is 5. The van der Waals surface area contributed by atoms with E-state index in [-0.39, 0.29) is 24.6 Å². The van der Waals surface area contributed by atoms with Crippen molar-refractivity contribution in [1.29, 1.82) is 0 Å². The van der Waals surface area contributed by atoms with Gasteiger partial charge in [0.25, 0.3) is 0 Å². The number of nitrogens with zero attached hydrogens (tertiary/aromatic N) is 3. The summed E-state index contributed by atoms with van der Waals surface area (Å²) in [6, 6.07) is 9.96. The monoisotopic (exact) mass is 373 g/mol. The third-order valence-corrected chi connectivity index (χ3v) is 5.62. The molecule has 0 radical (unpaired) electrons. The van der Waals surface area contributed by atoms with E-state index in [1.54, 1.807) is 0 Å². The largest absolute Gasteiger partial charge is 0.448 e. The normalized spacial score (nSPS) is 26.4. The molecular formula is C20H27N3O4. The Hall–Kier alpha value is -2.12. The Morgan fingerprint density at radius 2 is 1.81 bits per heavy atom. The van der Waals surface area contributed by atoms with Crippen LogP contribution < -0.4 is 0 Å². The van der Waals surface area contributed by atoms with E-state index in [0.717, 1.165) is 25.2 Å². The van der Waals surface area contributed by atoms with Crippen LogP contribution in [0.15, 0.2) is 30.3 Å². The quantitative estimate of drug-likeness (QED) is 0.783. The lowest BCUT2D eigenvalue weighted by Crippen LogP contribution is -2.53. The van der Waals surface area contributed by atoms with E-state index in [1.807, 2.05) is 23.1 Å². The zero-order chi connectivity index (χ0) is 18.6. The van der Waals surface area contributed by atoms with Crippen LogP contribution in [-0.4, -0.2) is 85.3 Å². The molecule has 2 atom stereocenters. The molecule has 0 aromatic heterocycles. The Morgan fingerprint density at radius 1 is 1.04 bits per heavy atom. The molecule has 0 N–H and O–H groups in total. The standard InChI is InChI=1S/C20H27N3O4/c24-18(15-22-10-12-27-20(22)25)23-11-13-26-17(14-21-8-4-5-9-21)19(23)16-6-2-1-3-7-16/h1-3,6-7,17,19H,4-5,8-15H2/t17-,19-/m0/s1. The minimum atomic E-state index is -0.401. The Labute approximate surface area is 159 Å². The van der Waals surface area contributed by atoms with Crippen molar-refractivity contribution in [1.82, 2.24) is 14.7 Å². The average molecular weight is 373 g/mol. The van der Waals surface area contributed by atoms with E-state index in [2.05, 4.69) is 17.0 Å². The molecule has 7 nitrogen and oxygen atoms in total. The fraction of sp³-hybridized carbons (Fsp3) is 0.600. The van der Waals surface area contributed by atoms with Gasteiger partial charge in [-0.05, 0) is 31.5 Å². The molecule has 7 heteroatoms. The summed E-state index contributed by atoms with van der Waals surface area (Å²) < 4.78 is 11.1. The first kappa shape index (κ1) is 18.3. The number of carbonyl (C=O) groups excluding carboxylic acids is 2. The predicted molar refractivity (Wildman–Crippen MR) is 99.2 cm³/mol. The molecule has 27 heavy (non-hydrogen) atoms. The number of likely N-dealkylation sites (tertiary alicyclic amines) is 1. The molecule has 2 amide bonds. The number of carbonyl (C=O) groups is 2. The average Bonchev–Trinajstić information content (AvgIpc) is 3.34. The van der Waals surface area contributed by atoms with Crippen LogP contribution in [0.25, 0.3) is 0 Å². The number of ether oxygens (including phenoxy) is 2. The summed E-state index contributed by atoms with van der Waals surface area (Å²) in [5, 5.41) is 0.